The molecule has 1 aromatic rings. The summed E-state index contributed by atoms with van der Waals surface area (Å²) in [7, 11) is 6.15. The summed E-state index contributed by atoms with van der Waals surface area (Å²) in [6.45, 7) is 2.21. The van der Waals surface area contributed by atoms with Crippen LogP contribution in [-0.4, -0.2) is 31.9 Å². The zero-order valence-corrected chi connectivity index (χ0v) is 12.7. The van der Waals surface area contributed by atoms with Gasteiger partial charge >= 0.3 is 0 Å². The van der Waals surface area contributed by atoms with E-state index in [0.717, 1.165) is 0 Å². The van der Waals surface area contributed by atoms with E-state index in [1.807, 2.05) is 7.05 Å². The molecule has 0 aliphatic carbocycles. The van der Waals surface area contributed by atoms with Crippen molar-refractivity contribution < 1.29 is 4.58 Å². The van der Waals surface area contributed by atoms with Crippen molar-refractivity contribution in [2.75, 3.05) is 26.0 Å². The van der Waals surface area contributed by atoms with Gasteiger partial charge in [-0.1, -0.05) is 30.4 Å². The van der Waals surface area contributed by atoms with E-state index >= 15 is 0 Å². The molecule has 0 aromatic heterocycles. The van der Waals surface area contributed by atoms with Crippen LogP contribution < -0.4 is 4.90 Å². The van der Waals surface area contributed by atoms with Gasteiger partial charge in [0.05, 0.1) is 0 Å². The van der Waals surface area contributed by atoms with Crippen LogP contribution in [0.15, 0.2) is 54.8 Å². The lowest BCUT2D eigenvalue weighted by Gasteiger charge is -2.15. The van der Waals surface area contributed by atoms with Crippen molar-refractivity contribution in [3.8, 4) is 0 Å². The highest BCUT2D eigenvalue weighted by Crippen LogP contribution is 2.25. The molecule has 1 aliphatic rings. The standard InChI is InChI=1S/C18H23N2/c1-18(11-5-14-20(4)15-13-18)12-10-16-6-8-17(9-7-16)19(2)3/h5-15H,1-4H3/q+1/b12-10+. The fourth-order valence-corrected chi connectivity index (χ4v) is 2.04. The van der Waals surface area contributed by atoms with Gasteiger partial charge in [-0.05, 0) is 36.8 Å². The van der Waals surface area contributed by atoms with Crippen LogP contribution in [0.5, 0.6) is 0 Å². The van der Waals surface area contributed by atoms with Gasteiger partial charge in [0.15, 0.2) is 12.4 Å². The van der Waals surface area contributed by atoms with E-state index in [1.165, 1.54) is 11.3 Å². The maximum Gasteiger partial charge on any atom is 0.168 e. The molecule has 1 unspecified atom stereocenters. The summed E-state index contributed by atoms with van der Waals surface area (Å²) < 4.78 is 2.06. The normalized spacial score (nSPS) is 21.9. The molecule has 20 heavy (non-hydrogen) atoms. The van der Waals surface area contributed by atoms with Gasteiger partial charge in [-0.3, -0.25) is 0 Å². The van der Waals surface area contributed by atoms with Crippen LogP contribution >= 0.6 is 0 Å². The molecule has 0 saturated carbocycles. The maximum atomic E-state index is 2.23. The lowest BCUT2D eigenvalue weighted by atomic mass is 9.89. The highest BCUT2D eigenvalue weighted by Gasteiger charge is 2.15. The predicted octanol–water partition coefficient (Wildman–Crippen LogP) is 3.57. The molecule has 1 heterocycles. The molecule has 0 fully saturated rings. The third-order valence-electron chi connectivity index (χ3n) is 3.49. The number of anilines is 1. The van der Waals surface area contributed by atoms with Gasteiger partial charge in [0.2, 0.25) is 0 Å². The second-order valence-electron chi connectivity index (χ2n) is 5.67. The Bertz CT molecular complexity index is 574. The van der Waals surface area contributed by atoms with Crippen molar-refractivity contribution in [1.29, 1.82) is 0 Å². The lowest BCUT2D eigenvalue weighted by molar-refractivity contribution is -0.416. The van der Waals surface area contributed by atoms with E-state index in [0.29, 0.717) is 0 Å². The molecule has 0 spiro atoms. The van der Waals surface area contributed by atoms with Crippen LogP contribution in [-0.2, 0) is 0 Å². The number of benzene rings is 1. The average molecular weight is 267 g/mol. The van der Waals surface area contributed by atoms with Crippen LogP contribution in [0.2, 0.25) is 0 Å². The monoisotopic (exact) mass is 267 g/mol. The number of rotatable bonds is 3. The summed E-state index contributed by atoms with van der Waals surface area (Å²) in [4.78, 5) is 2.11. The highest BCUT2D eigenvalue weighted by molar-refractivity contribution is 5.67. The van der Waals surface area contributed by atoms with Crippen molar-refractivity contribution in [1.82, 2.24) is 0 Å². The Kier molecular flexibility index (Phi) is 4.23. The number of hydrogen-bond donors (Lipinski definition) is 0. The largest absolute Gasteiger partial charge is 0.378 e. The minimum absolute atomic E-state index is 0.0402. The SMILES string of the molecule is CN(C)c1ccc(/C=C/C2(C)C=CC=[N+](C)C=C2)cc1. The third kappa shape index (κ3) is 3.70. The molecule has 0 radical (unpaired) electrons. The lowest BCUT2D eigenvalue weighted by Crippen LogP contribution is -2.08. The van der Waals surface area contributed by atoms with E-state index in [9.17, 15) is 0 Å². The smallest absolute Gasteiger partial charge is 0.168 e. The number of hydrogen-bond acceptors (Lipinski definition) is 1. The van der Waals surface area contributed by atoms with Crippen LogP contribution in [0.3, 0.4) is 0 Å². The van der Waals surface area contributed by atoms with Gasteiger partial charge in [0.1, 0.15) is 7.05 Å². The van der Waals surface area contributed by atoms with Crippen molar-refractivity contribution >= 4 is 18.0 Å². The summed E-state index contributed by atoms with van der Waals surface area (Å²) in [6, 6.07) is 8.58. The second-order valence-corrected chi connectivity index (χ2v) is 5.67. The fraction of sp³-hybridized carbons (Fsp3) is 0.278. The Labute approximate surface area is 122 Å². The van der Waals surface area contributed by atoms with Gasteiger partial charge in [-0.15, -0.1) is 0 Å². The summed E-state index contributed by atoms with van der Waals surface area (Å²) in [5.41, 5.74) is 2.40. The fourth-order valence-electron chi connectivity index (χ4n) is 2.04. The van der Waals surface area contributed by atoms with E-state index in [4.69, 9.17) is 0 Å². The van der Waals surface area contributed by atoms with Crippen LogP contribution in [0, 0.1) is 5.41 Å². The van der Waals surface area contributed by atoms with Gasteiger partial charge in [-0.2, -0.15) is 0 Å². The summed E-state index contributed by atoms with van der Waals surface area (Å²) in [5, 5.41) is 0. The Morgan fingerprint density at radius 2 is 1.80 bits per heavy atom. The van der Waals surface area contributed by atoms with Crippen molar-refractivity contribution in [3.05, 3.63) is 60.3 Å². The molecule has 1 aromatic carbocycles. The molecule has 2 rings (SSSR count). The molecule has 1 aliphatic heterocycles. The summed E-state index contributed by atoms with van der Waals surface area (Å²) in [5.74, 6) is 0. The van der Waals surface area contributed by atoms with Crippen molar-refractivity contribution in [2.45, 2.75) is 6.92 Å². The number of nitrogens with zero attached hydrogens (tertiary/aromatic N) is 2. The number of allylic oxidation sites excluding steroid dienone is 4. The summed E-state index contributed by atoms with van der Waals surface area (Å²) >= 11 is 0. The van der Waals surface area contributed by atoms with E-state index in [1.54, 1.807) is 0 Å². The minimum Gasteiger partial charge on any atom is -0.378 e. The first-order valence-electron chi connectivity index (χ1n) is 6.89. The van der Waals surface area contributed by atoms with Crippen LogP contribution in [0.1, 0.15) is 12.5 Å². The van der Waals surface area contributed by atoms with Crippen molar-refractivity contribution in [2.24, 2.45) is 5.41 Å². The molecular weight excluding hydrogens is 244 g/mol. The van der Waals surface area contributed by atoms with Gasteiger partial charge in [0, 0.05) is 25.2 Å². The van der Waals surface area contributed by atoms with Gasteiger partial charge < -0.3 is 4.90 Å². The maximum absolute atomic E-state index is 2.23. The first-order chi connectivity index (χ1) is 9.48. The van der Waals surface area contributed by atoms with E-state index < -0.39 is 0 Å². The molecule has 104 valence electrons. The van der Waals surface area contributed by atoms with Crippen molar-refractivity contribution in [3.63, 3.8) is 0 Å². The molecule has 2 heteroatoms. The van der Waals surface area contributed by atoms with Gasteiger partial charge in [-0.25, -0.2) is 4.58 Å². The zero-order chi connectivity index (χ0) is 14.6. The topological polar surface area (TPSA) is 6.25 Å². The Morgan fingerprint density at radius 3 is 2.45 bits per heavy atom. The Balaban J connectivity index is 2.15. The Morgan fingerprint density at radius 1 is 1.10 bits per heavy atom. The molecule has 0 bridgehead atoms. The molecule has 0 amide bonds. The van der Waals surface area contributed by atoms with Crippen LogP contribution in [0.4, 0.5) is 5.69 Å². The highest BCUT2D eigenvalue weighted by atomic mass is 15.1. The third-order valence-corrected chi connectivity index (χ3v) is 3.49. The minimum atomic E-state index is -0.0402. The van der Waals surface area contributed by atoms with E-state index in [2.05, 4.69) is 97.6 Å². The van der Waals surface area contributed by atoms with Gasteiger partial charge in [0.25, 0.3) is 0 Å². The zero-order valence-electron chi connectivity index (χ0n) is 12.7. The first kappa shape index (κ1) is 14.3. The quantitative estimate of drug-likeness (QED) is 0.759. The predicted molar refractivity (Wildman–Crippen MR) is 88.4 cm³/mol. The molecule has 0 N–H and O–H groups in total. The van der Waals surface area contributed by atoms with E-state index in [-0.39, 0.29) is 5.41 Å². The van der Waals surface area contributed by atoms with Crippen LogP contribution in [0.25, 0.3) is 6.08 Å². The summed E-state index contributed by atoms with van der Waals surface area (Å²) in [6.07, 6.45) is 15.1. The molecule has 0 saturated heterocycles. The molecular formula is C18H23N2+. The average Bonchev–Trinajstić information content (AvgIpc) is 2.60. The molecule has 2 nitrogen and oxygen atoms in total. The first-order valence-corrected chi connectivity index (χ1v) is 6.89. The Hall–Kier alpha value is -2.09. The second kappa shape index (κ2) is 5.91. The molecule has 1 atom stereocenters.